The Kier molecular flexibility index (Phi) is 11.1. The summed E-state index contributed by atoms with van der Waals surface area (Å²) in [5.41, 5.74) is 1.90. The zero-order valence-corrected chi connectivity index (χ0v) is 25.8. The van der Waals surface area contributed by atoms with Crippen molar-refractivity contribution in [3.05, 3.63) is 53.1 Å². The minimum atomic E-state index is -0.757. The molecule has 8 heteroatoms. The van der Waals surface area contributed by atoms with Crippen LogP contribution >= 0.6 is 0 Å². The normalized spacial score (nSPS) is 29.0. The van der Waals surface area contributed by atoms with E-state index in [-0.39, 0.29) is 25.5 Å². The van der Waals surface area contributed by atoms with Crippen molar-refractivity contribution < 1.29 is 33.6 Å². The molecule has 0 radical (unpaired) electrons. The number of allylic oxidation sites excluding steroid dienone is 1. The quantitative estimate of drug-likeness (QED) is 0.148. The largest absolute Gasteiger partial charge is 0.456 e. The molecule has 3 fully saturated rings. The van der Waals surface area contributed by atoms with Gasteiger partial charge in [-0.25, -0.2) is 4.79 Å². The molecule has 0 bridgehead atoms. The number of esters is 1. The Labute approximate surface area is 256 Å². The number of ether oxygens (including phenoxy) is 4. The molecule has 6 unspecified atom stereocenters. The average molecular weight is 596 g/mol. The summed E-state index contributed by atoms with van der Waals surface area (Å²) in [6, 6.07) is 7.48. The molecule has 1 aromatic rings. The minimum absolute atomic E-state index is 0.151. The van der Waals surface area contributed by atoms with Crippen molar-refractivity contribution in [3.8, 4) is 0 Å². The van der Waals surface area contributed by atoms with Gasteiger partial charge in [0.2, 0.25) is 5.91 Å². The first-order valence-corrected chi connectivity index (χ1v) is 16.5. The number of benzene rings is 1. The number of hydrogen-bond acceptors (Lipinski definition) is 7. The lowest BCUT2D eigenvalue weighted by atomic mass is 9.88. The molecular weight excluding hydrogens is 546 g/mol. The zero-order valence-electron chi connectivity index (χ0n) is 25.8. The number of fused-ring (bicyclic) bond motifs is 2. The van der Waals surface area contributed by atoms with Crippen LogP contribution < -0.4 is 5.32 Å². The van der Waals surface area contributed by atoms with Gasteiger partial charge in [-0.3, -0.25) is 4.79 Å². The van der Waals surface area contributed by atoms with Crippen LogP contribution in [-0.4, -0.2) is 66.4 Å². The minimum Gasteiger partial charge on any atom is -0.456 e. The Hall–Kier alpha value is -2.52. The molecule has 4 aliphatic rings. The molecule has 0 aromatic heterocycles. The van der Waals surface area contributed by atoms with Gasteiger partial charge in [0, 0.05) is 31.4 Å². The number of carbonyl (C=O) groups excluding carboxylic acids is 2. The maximum atomic E-state index is 13.5. The van der Waals surface area contributed by atoms with Gasteiger partial charge >= 0.3 is 5.97 Å². The van der Waals surface area contributed by atoms with E-state index in [1.807, 2.05) is 24.3 Å². The zero-order chi connectivity index (χ0) is 30.2. The number of carbonyl (C=O) groups is 2. The predicted molar refractivity (Wildman–Crippen MR) is 164 cm³/mol. The molecule has 0 spiro atoms. The summed E-state index contributed by atoms with van der Waals surface area (Å²) < 4.78 is 25.1. The molecule has 236 valence electrons. The van der Waals surface area contributed by atoms with Crippen LogP contribution in [0.5, 0.6) is 0 Å². The van der Waals surface area contributed by atoms with E-state index in [0.29, 0.717) is 29.3 Å². The number of rotatable bonds is 15. The maximum Gasteiger partial charge on any atom is 0.338 e. The van der Waals surface area contributed by atoms with Crippen molar-refractivity contribution in [3.63, 3.8) is 0 Å². The van der Waals surface area contributed by atoms with Crippen molar-refractivity contribution in [1.29, 1.82) is 0 Å². The summed E-state index contributed by atoms with van der Waals surface area (Å²) >= 11 is 0. The highest BCUT2D eigenvalue weighted by Crippen LogP contribution is 2.43. The first kappa shape index (κ1) is 31.9. The molecule has 1 saturated carbocycles. The molecule has 6 atom stereocenters. The fraction of sp³-hybridized carbons (Fsp3) is 0.657. The third-order valence-electron chi connectivity index (χ3n) is 9.18. The molecular formula is C35H49NO7. The third kappa shape index (κ3) is 8.35. The molecule has 5 rings (SSSR count). The average Bonchev–Trinajstić information content (AvgIpc) is 3.70. The summed E-state index contributed by atoms with van der Waals surface area (Å²) in [5, 5.41) is 12.0. The van der Waals surface area contributed by atoms with E-state index >= 15 is 0 Å². The standard InChI is InChI=1S/C35H49NO7/c1-3-5-7-16-35(17-8-6-4-2)42-31-23-27(33(38)36-18-19-37)22-30(32(31)43-35)41-34(39)26-11-9-10-24(20-26)12-13-25-14-15-28-29(21-25)40-28/h9-13,20,23,25,28-32,37H,3-8,14-19,21-22H2,1-2H3,(H,36,38). The van der Waals surface area contributed by atoms with E-state index in [0.717, 1.165) is 76.2 Å². The van der Waals surface area contributed by atoms with Gasteiger partial charge in [0.1, 0.15) is 18.3 Å². The van der Waals surface area contributed by atoms with Crippen molar-refractivity contribution in [1.82, 2.24) is 5.32 Å². The highest BCUT2D eigenvalue weighted by atomic mass is 16.8. The van der Waals surface area contributed by atoms with Crippen molar-refractivity contribution in [2.75, 3.05) is 13.2 Å². The number of aliphatic hydroxyl groups excluding tert-OH is 1. The second-order valence-electron chi connectivity index (χ2n) is 12.6. The highest BCUT2D eigenvalue weighted by Gasteiger charge is 2.52. The van der Waals surface area contributed by atoms with E-state index in [1.54, 1.807) is 6.07 Å². The van der Waals surface area contributed by atoms with Crippen LogP contribution in [0.1, 0.15) is 107 Å². The van der Waals surface area contributed by atoms with Gasteiger partial charge in [-0.2, -0.15) is 0 Å². The smallest absolute Gasteiger partial charge is 0.338 e. The first-order valence-electron chi connectivity index (χ1n) is 16.5. The molecule has 2 aliphatic heterocycles. The van der Waals surface area contributed by atoms with Crippen LogP contribution in [-0.2, 0) is 23.7 Å². The van der Waals surface area contributed by atoms with Gasteiger partial charge < -0.3 is 29.4 Å². The number of amides is 1. The second kappa shape index (κ2) is 15.0. The topological polar surface area (TPSA) is 107 Å². The van der Waals surface area contributed by atoms with Crippen LogP contribution in [0.3, 0.4) is 0 Å². The number of unbranched alkanes of at least 4 members (excludes halogenated alkanes) is 4. The number of nitrogens with one attached hydrogen (secondary N) is 1. The maximum absolute atomic E-state index is 13.5. The summed E-state index contributed by atoms with van der Waals surface area (Å²) in [7, 11) is 0. The lowest BCUT2D eigenvalue weighted by Crippen LogP contribution is -2.43. The summed E-state index contributed by atoms with van der Waals surface area (Å²) in [4.78, 5) is 26.5. The highest BCUT2D eigenvalue weighted by molar-refractivity contribution is 5.94. The fourth-order valence-electron chi connectivity index (χ4n) is 6.71. The summed E-state index contributed by atoms with van der Waals surface area (Å²) in [6.07, 6.45) is 16.8. The van der Waals surface area contributed by atoms with E-state index in [1.165, 1.54) is 0 Å². The van der Waals surface area contributed by atoms with E-state index in [9.17, 15) is 14.7 Å². The van der Waals surface area contributed by atoms with E-state index in [4.69, 9.17) is 18.9 Å². The van der Waals surface area contributed by atoms with Crippen LogP contribution in [0.2, 0.25) is 0 Å². The lowest BCUT2D eigenvalue weighted by Gasteiger charge is -2.31. The molecule has 1 amide bonds. The third-order valence-corrected chi connectivity index (χ3v) is 9.18. The monoisotopic (exact) mass is 595 g/mol. The molecule has 1 aromatic carbocycles. The van der Waals surface area contributed by atoms with E-state index in [2.05, 4.69) is 31.3 Å². The molecule has 8 nitrogen and oxygen atoms in total. The fourth-order valence-corrected chi connectivity index (χ4v) is 6.71. The van der Waals surface area contributed by atoms with E-state index < -0.39 is 30.1 Å². The predicted octanol–water partition coefficient (Wildman–Crippen LogP) is 5.87. The van der Waals surface area contributed by atoms with Gasteiger partial charge in [-0.05, 0) is 61.8 Å². The second-order valence-corrected chi connectivity index (χ2v) is 12.6. The first-order chi connectivity index (χ1) is 20.9. The number of hydrogen-bond donors (Lipinski definition) is 2. The molecule has 2 saturated heterocycles. The van der Waals surface area contributed by atoms with Crippen LogP contribution in [0.4, 0.5) is 0 Å². The van der Waals surface area contributed by atoms with Crippen LogP contribution in [0, 0.1) is 5.92 Å². The molecule has 2 heterocycles. The van der Waals surface area contributed by atoms with Crippen molar-refractivity contribution >= 4 is 18.0 Å². The summed E-state index contributed by atoms with van der Waals surface area (Å²) in [6.45, 7) is 4.35. The molecule has 2 N–H and O–H groups in total. The number of aliphatic hydroxyl groups is 1. The number of epoxide rings is 1. The lowest BCUT2D eigenvalue weighted by molar-refractivity contribution is -0.190. The van der Waals surface area contributed by atoms with Gasteiger partial charge in [-0.1, -0.05) is 63.8 Å². The molecule has 2 aliphatic carbocycles. The van der Waals surface area contributed by atoms with Crippen LogP contribution in [0.25, 0.3) is 6.08 Å². The Bertz CT molecular complexity index is 1150. The molecule has 43 heavy (non-hydrogen) atoms. The SMILES string of the molecule is CCCCCC1(CCCCC)OC2C=C(C(=O)NCCO)CC(OC(=O)c3cccc(C=CC4CCC5OC5C4)c3)C2O1. The van der Waals surface area contributed by atoms with Gasteiger partial charge in [0.15, 0.2) is 5.79 Å². The van der Waals surface area contributed by atoms with Crippen LogP contribution in [0.15, 0.2) is 42.0 Å². The van der Waals surface area contributed by atoms with Gasteiger partial charge in [0.05, 0.1) is 24.4 Å². The van der Waals surface area contributed by atoms with Gasteiger partial charge in [0.25, 0.3) is 0 Å². The van der Waals surface area contributed by atoms with Crippen molar-refractivity contribution in [2.24, 2.45) is 5.92 Å². The summed E-state index contributed by atoms with van der Waals surface area (Å²) in [5.74, 6) is -0.992. The van der Waals surface area contributed by atoms with Gasteiger partial charge in [-0.15, -0.1) is 0 Å². The Balaban J connectivity index is 1.31. The Morgan fingerprint density at radius 2 is 1.86 bits per heavy atom. The Morgan fingerprint density at radius 1 is 1.07 bits per heavy atom. The van der Waals surface area contributed by atoms with Crippen molar-refractivity contribution in [2.45, 2.75) is 127 Å². The Morgan fingerprint density at radius 3 is 2.58 bits per heavy atom.